The maximum Gasteiger partial charge on any atom is 0.246 e. The Bertz CT molecular complexity index is 1190. The number of hydrogen-bond donors (Lipinski definition) is 3. The normalized spacial score (nSPS) is 32.2. The van der Waals surface area contributed by atoms with Crippen molar-refractivity contribution in [3.8, 4) is 0 Å². The van der Waals surface area contributed by atoms with Crippen molar-refractivity contribution in [3.63, 3.8) is 0 Å². The van der Waals surface area contributed by atoms with Crippen LogP contribution in [0.2, 0.25) is 0 Å². The SMILES string of the molecule is CC[C@@H](CO)N1C(=O)[C@@H]2[C@@H](C(=O)NCc3ccccc3)[C@]3(C)OC2(CC3C)C1C(=O)NCc1ccccc1. The number of benzene rings is 2. The topological polar surface area (TPSA) is 108 Å². The van der Waals surface area contributed by atoms with Crippen molar-refractivity contribution in [1.29, 1.82) is 0 Å². The minimum atomic E-state index is -1.14. The molecule has 3 N–H and O–H groups in total. The molecule has 3 aliphatic rings. The van der Waals surface area contributed by atoms with E-state index in [9.17, 15) is 19.5 Å². The van der Waals surface area contributed by atoms with E-state index in [2.05, 4.69) is 10.6 Å². The number of nitrogens with one attached hydrogen (secondary N) is 2. The first-order chi connectivity index (χ1) is 18.3. The molecule has 0 saturated carbocycles. The predicted octanol–water partition coefficient (Wildman–Crippen LogP) is 2.40. The molecule has 3 heterocycles. The quantitative estimate of drug-likeness (QED) is 0.472. The third-order valence-electron chi connectivity index (χ3n) is 8.98. The van der Waals surface area contributed by atoms with Crippen LogP contribution in [0, 0.1) is 17.8 Å². The van der Waals surface area contributed by atoms with E-state index < -0.39 is 35.1 Å². The number of aliphatic hydroxyl groups excluding tert-OH is 1. The van der Waals surface area contributed by atoms with Crippen LogP contribution in [0.1, 0.15) is 44.7 Å². The summed E-state index contributed by atoms with van der Waals surface area (Å²) in [5, 5.41) is 16.2. The van der Waals surface area contributed by atoms with Crippen molar-refractivity contribution in [3.05, 3.63) is 71.8 Å². The second-order valence-electron chi connectivity index (χ2n) is 11.1. The van der Waals surface area contributed by atoms with Crippen LogP contribution in [0.15, 0.2) is 60.7 Å². The summed E-state index contributed by atoms with van der Waals surface area (Å²) in [5.41, 5.74) is -0.119. The lowest BCUT2D eigenvalue weighted by Crippen LogP contribution is -2.58. The lowest BCUT2D eigenvalue weighted by molar-refractivity contribution is -0.151. The number of ether oxygens (including phenoxy) is 1. The summed E-state index contributed by atoms with van der Waals surface area (Å²) < 4.78 is 6.73. The van der Waals surface area contributed by atoms with Crippen LogP contribution in [0.5, 0.6) is 0 Å². The van der Waals surface area contributed by atoms with Crippen molar-refractivity contribution in [2.75, 3.05) is 6.61 Å². The molecule has 2 aromatic carbocycles. The maximum absolute atomic E-state index is 14.1. The standard InChI is InChI=1S/C30H37N3O5/c1-4-22(18-34)33-25(27(36)32-17-21-13-9-6-10-14-21)30-15-19(2)29(3,38-30)23(24(30)28(33)37)26(35)31-16-20-11-7-5-8-12-20/h5-14,19,22-25,34H,4,15-18H2,1-3H3,(H,31,35)(H,32,36)/t19?,22-,23-,24-,25?,29+,30?/m0/s1. The van der Waals surface area contributed by atoms with Gasteiger partial charge in [0.25, 0.3) is 0 Å². The highest BCUT2D eigenvalue weighted by Gasteiger charge is 2.80. The molecule has 0 aliphatic carbocycles. The predicted molar refractivity (Wildman–Crippen MR) is 141 cm³/mol. The molecule has 8 nitrogen and oxygen atoms in total. The second kappa shape index (κ2) is 10.2. The molecule has 3 fully saturated rings. The van der Waals surface area contributed by atoms with Gasteiger partial charge in [0, 0.05) is 13.1 Å². The molecule has 5 rings (SSSR count). The van der Waals surface area contributed by atoms with Gasteiger partial charge in [-0.3, -0.25) is 14.4 Å². The summed E-state index contributed by atoms with van der Waals surface area (Å²) in [6.07, 6.45) is 0.968. The number of nitrogens with zero attached hydrogens (tertiary/aromatic N) is 1. The van der Waals surface area contributed by atoms with E-state index in [0.717, 1.165) is 11.1 Å². The monoisotopic (exact) mass is 519 g/mol. The Morgan fingerprint density at radius 1 is 1.03 bits per heavy atom. The van der Waals surface area contributed by atoms with Gasteiger partial charge >= 0.3 is 0 Å². The number of carbonyl (C=O) groups excluding carboxylic acids is 3. The number of hydrogen-bond acceptors (Lipinski definition) is 5. The molecule has 3 unspecified atom stereocenters. The van der Waals surface area contributed by atoms with Crippen LogP contribution in [0.4, 0.5) is 0 Å². The Hall–Kier alpha value is -3.23. The fraction of sp³-hybridized carbons (Fsp3) is 0.500. The van der Waals surface area contributed by atoms with Crippen LogP contribution in [0.25, 0.3) is 0 Å². The molecule has 8 heteroatoms. The Balaban J connectivity index is 1.48. The first-order valence-corrected chi connectivity index (χ1v) is 13.5. The van der Waals surface area contributed by atoms with Crippen LogP contribution in [0.3, 0.4) is 0 Å². The largest absolute Gasteiger partial charge is 0.394 e. The van der Waals surface area contributed by atoms with E-state index >= 15 is 0 Å². The number of rotatable bonds is 9. The average Bonchev–Trinajstić information content (AvgIpc) is 3.45. The van der Waals surface area contributed by atoms with Gasteiger partial charge in [-0.05, 0) is 36.8 Å². The van der Waals surface area contributed by atoms with Gasteiger partial charge < -0.3 is 25.4 Å². The van der Waals surface area contributed by atoms with E-state index in [1.54, 1.807) is 0 Å². The van der Waals surface area contributed by atoms with Crippen LogP contribution < -0.4 is 10.6 Å². The molecule has 3 aliphatic heterocycles. The number of amides is 3. The van der Waals surface area contributed by atoms with Crippen LogP contribution >= 0.6 is 0 Å². The number of likely N-dealkylation sites (tertiary alicyclic amines) is 1. The molecule has 3 saturated heterocycles. The first-order valence-electron chi connectivity index (χ1n) is 13.5. The summed E-state index contributed by atoms with van der Waals surface area (Å²) in [5.74, 6) is -2.44. The van der Waals surface area contributed by atoms with Crippen molar-refractivity contribution in [1.82, 2.24) is 15.5 Å². The van der Waals surface area contributed by atoms with Gasteiger partial charge in [0.2, 0.25) is 17.7 Å². The van der Waals surface area contributed by atoms with E-state index in [-0.39, 0.29) is 30.2 Å². The molecule has 1 spiro atoms. The van der Waals surface area contributed by atoms with Gasteiger partial charge in [0.1, 0.15) is 11.6 Å². The second-order valence-corrected chi connectivity index (χ2v) is 11.1. The highest BCUT2D eigenvalue weighted by Crippen LogP contribution is 2.65. The van der Waals surface area contributed by atoms with E-state index in [1.165, 1.54) is 4.90 Å². The van der Waals surface area contributed by atoms with Crippen molar-refractivity contribution < 1.29 is 24.2 Å². The smallest absolute Gasteiger partial charge is 0.246 e. The Morgan fingerprint density at radius 3 is 2.11 bits per heavy atom. The molecular weight excluding hydrogens is 482 g/mol. The summed E-state index contributed by atoms with van der Waals surface area (Å²) in [7, 11) is 0. The molecule has 2 aromatic rings. The van der Waals surface area contributed by atoms with Gasteiger partial charge in [-0.1, -0.05) is 74.5 Å². The van der Waals surface area contributed by atoms with Gasteiger partial charge in [-0.25, -0.2) is 0 Å². The third kappa shape index (κ3) is 4.10. The lowest BCUT2D eigenvalue weighted by Gasteiger charge is -2.36. The van der Waals surface area contributed by atoms with Gasteiger partial charge in [0.15, 0.2) is 0 Å². The number of aliphatic hydroxyl groups is 1. The molecular formula is C30H37N3O5. The highest BCUT2D eigenvalue weighted by atomic mass is 16.5. The van der Waals surface area contributed by atoms with Crippen LogP contribution in [-0.4, -0.2) is 57.6 Å². The minimum absolute atomic E-state index is 0.0439. The Morgan fingerprint density at radius 2 is 1.58 bits per heavy atom. The molecule has 38 heavy (non-hydrogen) atoms. The molecule has 2 bridgehead atoms. The summed E-state index contributed by atoms with van der Waals surface area (Å²) in [4.78, 5) is 43.2. The van der Waals surface area contributed by atoms with Crippen molar-refractivity contribution in [2.24, 2.45) is 17.8 Å². The number of carbonyl (C=O) groups is 3. The summed E-state index contributed by atoms with van der Waals surface area (Å²) in [6.45, 7) is 6.18. The minimum Gasteiger partial charge on any atom is -0.394 e. The summed E-state index contributed by atoms with van der Waals surface area (Å²) >= 11 is 0. The van der Waals surface area contributed by atoms with E-state index in [4.69, 9.17) is 4.74 Å². The third-order valence-corrected chi connectivity index (χ3v) is 8.98. The lowest BCUT2D eigenvalue weighted by atomic mass is 9.62. The van der Waals surface area contributed by atoms with Gasteiger partial charge in [-0.15, -0.1) is 0 Å². The van der Waals surface area contributed by atoms with Gasteiger partial charge in [0.05, 0.1) is 30.1 Å². The zero-order chi connectivity index (χ0) is 27.1. The fourth-order valence-corrected chi connectivity index (χ4v) is 6.96. The van der Waals surface area contributed by atoms with Crippen LogP contribution in [-0.2, 0) is 32.2 Å². The molecule has 7 atom stereocenters. The van der Waals surface area contributed by atoms with Crippen molar-refractivity contribution >= 4 is 17.7 Å². The molecule has 0 aromatic heterocycles. The zero-order valence-electron chi connectivity index (χ0n) is 22.2. The van der Waals surface area contributed by atoms with Crippen molar-refractivity contribution in [2.45, 2.75) is 70.0 Å². The molecule has 3 amide bonds. The first kappa shape index (κ1) is 26.4. The fourth-order valence-electron chi connectivity index (χ4n) is 6.96. The summed E-state index contributed by atoms with van der Waals surface area (Å²) in [6, 6.07) is 17.7. The maximum atomic E-state index is 14.1. The Kier molecular flexibility index (Phi) is 7.05. The molecule has 202 valence electrons. The van der Waals surface area contributed by atoms with E-state index in [0.29, 0.717) is 25.9 Å². The Labute approximate surface area is 223 Å². The van der Waals surface area contributed by atoms with E-state index in [1.807, 2.05) is 81.4 Å². The van der Waals surface area contributed by atoms with Gasteiger partial charge in [-0.2, -0.15) is 0 Å². The number of fused-ring (bicyclic) bond motifs is 1. The molecule has 0 radical (unpaired) electrons. The highest BCUT2D eigenvalue weighted by molar-refractivity contribution is 5.99. The average molecular weight is 520 g/mol. The zero-order valence-corrected chi connectivity index (χ0v) is 22.2.